The summed E-state index contributed by atoms with van der Waals surface area (Å²) in [5.74, 6) is -1.97. The van der Waals surface area contributed by atoms with Crippen LogP contribution in [0.4, 0.5) is 4.39 Å². The molecule has 1 aliphatic rings. The van der Waals surface area contributed by atoms with Crippen LogP contribution in [0.25, 0.3) is 10.9 Å². The smallest absolute Gasteiger partial charge is 0.308 e. The van der Waals surface area contributed by atoms with Crippen molar-refractivity contribution in [1.29, 1.82) is 0 Å². The van der Waals surface area contributed by atoms with Gasteiger partial charge in [-0.15, -0.1) is 0 Å². The molecule has 21 heavy (non-hydrogen) atoms. The van der Waals surface area contributed by atoms with E-state index in [4.69, 9.17) is 5.11 Å². The van der Waals surface area contributed by atoms with Crippen molar-refractivity contribution in [2.45, 2.75) is 12.8 Å². The van der Waals surface area contributed by atoms with Crippen LogP contribution < -0.4 is 0 Å². The molecule has 2 aromatic rings. The molecule has 2 N–H and O–H groups in total. The molecule has 1 aliphatic heterocycles. The number of rotatable bonds is 4. The first-order valence-corrected chi connectivity index (χ1v) is 6.80. The summed E-state index contributed by atoms with van der Waals surface area (Å²) in [6.45, 7) is 0.705. The monoisotopic (exact) mass is 290 g/mol. The lowest BCUT2D eigenvalue weighted by molar-refractivity contribution is -0.141. The molecule has 5 nitrogen and oxygen atoms in total. The van der Waals surface area contributed by atoms with Gasteiger partial charge < -0.3 is 15.0 Å². The number of aliphatic carboxylic acids is 1. The van der Waals surface area contributed by atoms with E-state index in [1.165, 1.54) is 12.1 Å². The summed E-state index contributed by atoms with van der Waals surface area (Å²) in [6.07, 6.45) is 2.44. The van der Waals surface area contributed by atoms with Gasteiger partial charge in [-0.3, -0.25) is 9.59 Å². The van der Waals surface area contributed by atoms with Crippen molar-refractivity contribution in [1.82, 2.24) is 9.88 Å². The van der Waals surface area contributed by atoms with E-state index in [-0.39, 0.29) is 24.7 Å². The summed E-state index contributed by atoms with van der Waals surface area (Å²) < 4.78 is 13.3. The molecule has 0 bridgehead atoms. The molecule has 0 saturated carbocycles. The van der Waals surface area contributed by atoms with E-state index in [0.29, 0.717) is 13.0 Å². The van der Waals surface area contributed by atoms with Crippen LogP contribution in [0.1, 0.15) is 12.0 Å². The van der Waals surface area contributed by atoms with Gasteiger partial charge in [0.05, 0.1) is 5.92 Å². The Morgan fingerprint density at radius 2 is 2.29 bits per heavy atom. The second-order valence-corrected chi connectivity index (χ2v) is 5.33. The highest BCUT2D eigenvalue weighted by molar-refractivity contribution is 5.86. The molecule has 1 atom stereocenters. The van der Waals surface area contributed by atoms with E-state index in [1.54, 1.807) is 17.2 Å². The number of H-pyrrole nitrogens is 1. The molecule has 1 aromatic heterocycles. The summed E-state index contributed by atoms with van der Waals surface area (Å²) in [6, 6.07) is 4.53. The van der Waals surface area contributed by atoms with Crippen molar-refractivity contribution in [2.75, 3.05) is 13.1 Å². The second-order valence-electron chi connectivity index (χ2n) is 5.33. The van der Waals surface area contributed by atoms with Gasteiger partial charge in [-0.2, -0.15) is 0 Å². The lowest BCUT2D eigenvalue weighted by Gasteiger charge is -2.15. The Hall–Kier alpha value is -2.37. The van der Waals surface area contributed by atoms with E-state index in [2.05, 4.69) is 4.98 Å². The minimum Gasteiger partial charge on any atom is -0.481 e. The predicted molar refractivity (Wildman–Crippen MR) is 74.3 cm³/mol. The number of carbonyl (C=O) groups excluding carboxylic acids is 1. The molecule has 2 heterocycles. The number of amides is 1. The minimum absolute atomic E-state index is 0.0673. The minimum atomic E-state index is -0.931. The average molecular weight is 290 g/mol. The van der Waals surface area contributed by atoms with Crippen molar-refractivity contribution in [2.24, 2.45) is 5.92 Å². The van der Waals surface area contributed by atoms with Crippen LogP contribution in [0.2, 0.25) is 0 Å². The fraction of sp³-hybridized carbons (Fsp3) is 0.333. The Labute approximate surface area is 120 Å². The number of nitrogens with one attached hydrogen (secondary N) is 1. The third-order valence-electron chi connectivity index (χ3n) is 3.94. The standard InChI is InChI=1S/C15H15FN2O3/c16-11-1-2-13-12(6-11)9(7-17-13)3-4-18-8-10(15(20)21)5-14(18)19/h1-2,6-7,10,17H,3-5,8H2,(H,20,21). The summed E-state index contributed by atoms with van der Waals surface area (Å²) in [4.78, 5) is 27.3. The largest absolute Gasteiger partial charge is 0.481 e. The van der Waals surface area contributed by atoms with Crippen LogP contribution in [0.3, 0.4) is 0 Å². The molecule has 1 unspecified atom stereocenters. The van der Waals surface area contributed by atoms with Crippen molar-refractivity contribution in [3.8, 4) is 0 Å². The molecule has 1 fully saturated rings. The molecule has 0 spiro atoms. The Morgan fingerprint density at radius 1 is 1.48 bits per heavy atom. The molecule has 110 valence electrons. The predicted octanol–water partition coefficient (Wildman–Crippen LogP) is 1.78. The lowest BCUT2D eigenvalue weighted by Crippen LogP contribution is -2.28. The molecule has 6 heteroatoms. The number of likely N-dealkylation sites (tertiary alicyclic amines) is 1. The summed E-state index contributed by atoms with van der Waals surface area (Å²) in [5.41, 5.74) is 1.78. The van der Waals surface area contributed by atoms with Gasteiger partial charge in [0.25, 0.3) is 0 Å². The Balaban J connectivity index is 1.71. The number of fused-ring (bicyclic) bond motifs is 1. The zero-order valence-electron chi connectivity index (χ0n) is 11.3. The molecule has 1 saturated heterocycles. The molecule has 0 radical (unpaired) electrons. The first kappa shape index (κ1) is 13.6. The maximum absolute atomic E-state index is 13.3. The van der Waals surface area contributed by atoms with Gasteiger partial charge in [0.15, 0.2) is 0 Å². The fourth-order valence-corrected chi connectivity index (χ4v) is 2.77. The third-order valence-corrected chi connectivity index (χ3v) is 3.94. The molecular formula is C15H15FN2O3. The van der Waals surface area contributed by atoms with Crippen LogP contribution in [0.5, 0.6) is 0 Å². The van der Waals surface area contributed by atoms with Crippen molar-refractivity contribution >= 4 is 22.8 Å². The van der Waals surface area contributed by atoms with E-state index in [9.17, 15) is 14.0 Å². The number of halogens is 1. The van der Waals surface area contributed by atoms with Crippen molar-refractivity contribution in [3.63, 3.8) is 0 Å². The summed E-state index contributed by atoms with van der Waals surface area (Å²) in [5, 5.41) is 9.75. The molecule has 0 aliphatic carbocycles. The number of carboxylic acids is 1. The van der Waals surface area contributed by atoms with Gasteiger partial charge in [-0.05, 0) is 30.2 Å². The van der Waals surface area contributed by atoms with Crippen LogP contribution in [-0.4, -0.2) is 40.0 Å². The maximum Gasteiger partial charge on any atom is 0.308 e. The number of aromatic amines is 1. The van der Waals surface area contributed by atoms with Crippen LogP contribution in [0, 0.1) is 11.7 Å². The van der Waals surface area contributed by atoms with Crippen LogP contribution in [0.15, 0.2) is 24.4 Å². The quantitative estimate of drug-likeness (QED) is 0.901. The van der Waals surface area contributed by atoms with E-state index < -0.39 is 11.9 Å². The topological polar surface area (TPSA) is 73.4 Å². The van der Waals surface area contributed by atoms with Crippen LogP contribution in [-0.2, 0) is 16.0 Å². The van der Waals surface area contributed by atoms with Gasteiger partial charge in [-0.25, -0.2) is 4.39 Å². The maximum atomic E-state index is 13.3. The van der Waals surface area contributed by atoms with Gasteiger partial charge in [0.1, 0.15) is 5.82 Å². The highest BCUT2D eigenvalue weighted by Crippen LogP contribution is 2.22. The second kappa shape index (κ2) is 5.20. The van der Waals surface area contributed by atoms with E-state index in [1.807, 2.05) is 0 Å². The highest BCUT2D eigenvalue weighted by Gasteiger charge is 2.33. The average Bonchev–Trinajstić information content (AvgIpc) is 3.00. The fourth-order valence-electron chi connectivity index (χ4n) is 2.77. The molecule has 1 amide bonds. The SMILES string of the molecule is O=C(O)C1CC(=O)N(CCc2c[nH]c3ccc(F)cc23)C1. The Kier molecular flexibility index (Phi) is 3.37. The molecule has 3 rings (SSSR count). The number of benzene rings is 1. The highest BCUT2D eigenvalue weighted by atomic mass is 19.1. The number of carboxylic acid groups (broad SMARTS) is 1. The number of hydrogen-bond donors (Lipinski definition) is 2. The number of hydrogen-bond acceptors (Lipinski definition) is 2. The first-order valence-electron chi connectivity index (χ1n) is 6.80. The first-order chi connectivity index (χ1) is 10.0. The number of nitrogens with zero attached hydrogens (tertiary/aromatic N) is 1. The normalized spacial score (nSPS) is 18.6. The van der Waals surface area contributed by atoms with Crippen molar-refractivity contribution < 1.29 is 19.1 Å². The van der Waals surface area contributed by atoms with Gasteiger partial charge in [0.2, 0.25) is 5.91 Å². The summed E-state index contributed by atoms with van der Waals surface area (Å²) in [7, 11) is 0. The van der Waals surface area contributed by atoms with Crippen molar-refractivity contribution in [3.05, 3.63) is 35.8 Å². The van der Waals surface area contributed by atoms with Gasteiger partial charge >= 0.3 is 5.97 Å². The zero-order valence-corrected chi connectivity index (χ0v) is 11.3. The third kappa shape index (κ3) is 2.61. The van der Waals surface area contributed by atoms with Gasteiger partial charge in [0, 0.05) is 36.6 Å². The Morgan fingerprint density at radius 3 is 3.00 bits per heavy atom. The van der Waals surface area contributed by atoms with E-state index >= 15 is 0 Å². The molecular weight excluding hydrogens is 275 g/mol. The van der Waals surface area contributed by atoms with Gasteiger partial charge in [-0.1, -0.05) is 0 Å². The lowest BCUT2D eigenvalue weighted by atomic mass is 10.1. The summed E-state index contributed by atoms with van der Waals surface area (Å²) >= 11 is 0. The number of carbonyl (C=O) groups is 2. The Bertz CT molecular complexity index is 710. The molecule has 1 aromatic carbocycles. The number of aromatic nitrogens is 1. The van der Waals surface area contributed by atoms with E-state index in [0.717, 1.165) is 16.5 Å². The van der Waals surface area contributed by atoms with Crippen LogP contribution >= 0.6 is 0 Å². The zero-order chi connectivity index (χ0) is 15.0.